The molecule has 1 fully saturated rings. The molecule has 2 unspecified atom stereocenters. The van der Waals surface area contributed by atoms with Gasteiger partial charge in [-0.25, -0.2) is 4.39 Å². The Morgan fingerprint density at radius 1 is 1.27 bits per heavy atom. The van der Waals surface area contributed by atoms with Crippen molar-refractivity contribution >= 4 is 5.91 Å². The first kappa shape index (κ1) is 14.6. The Labute approximate surface area is 129 Å². The number of carbonyl (C=O) groups excluding carboxylic acids is 1. The van der Waals surface area contributed by atoms with E-state index in [1.165, 1.54) is 12.1 Å². The summed E-state index contributed by atoms with van der Waals surface area (Å²) < 4.78 is 18.1. The number of hydrogen-bond acceptors (Lipinski definition) is 2. The van der Waals surface area contributed by atoms with Crippen molar-refractivity contribution in [2.45, 2.75) is 18.9 Å². The van der Waals surface area contributed by atoms with Crippen LogP contribution in [0.1, 0.15) is 23.5 Å². The van der Waals surface area contributed by atoms with Crippen molar-refractivity contribution in [1.29, 1.82) is 0 Å². The fraction of sp³-hybridized carbons (Fsp3) is 0.278. The van der Waals surface area contributed by atoms with Gasteiger partial charge in [0.15, 0.2) is 0 Å². The van der Waals surface area contributed by atoms with Crippen molar-refractivity contribution in [3.63, 3.8) is 0 Å². The molecule has 0 heterocycles. The van der Waals surface area contributed by atoms with Crippen molar-refractivity contribution in [3.05, 3.63) is 65.5 Å². The zero-order valence-corrected chi connectivity index (χ0v) is 12.4. The lowest BCUT2D eigenvalue weighted by molar-refractivity contribution is -0.122. The van der Waals surface area contributed by atoms with Crippen LogP contribution in [0.4, 0.5) is 4.39 Å². The maximum absolute atomic E-state index is 12.9. The highest BCUT2D eigenvalue weighted by Gasteiger charge is 2.43. The van der Waals surface area contributed by atoms with Gasteiger partial charge in [0.1, 0.15) is 11.6 Å². The van der Waals surface area contributed by atoms with Crippen LogP contribution in [0.2, 0.25) is 0 Å². The summed E-state index contributed by atoms with van der Waals surface area (Å²) in [6.07, 6.45) is 0.829. The highest BCUT2D eigenvalue weighted by Crippen LogP contribution is 2.47. The van der Waals surface area contributed by atoms with Gasteiger partial charge in [-0.15, -0.1) is 0 Å². The molecule has 22 heavy (non-hydrogen) atoms. The number of nitrogens with one attached hydrogen (secondary N) is 1. The van der Waals surface area contributed by atoms with Gasteiger partial charge in [-0.05, 0) is 47.7 Å². The van der Waals surface area contributed by atoms with E-state index in [-0.39, 0.29) is 23.6 Å². The Morgan fingerprint density at radius 2 is 2.05 bits per heavy atom. The molecule has 2 aromatic rings. The zero-order valence-electron chi connectivity index (χ0n) is 12.4. The monoisotopic (exact) mass is 299 g/mol. The van der Waals surface area contributed by atoms with E-state index in [1.54, 1.807) is 19.2 Å². The largest absolute Gasteiger partial charge is 0.497 e. The summed E-state index contributed by atoms with van der Waals surface area (Å²) in [4.78, 5) is 12.2. The SMILES string of the molecule is COc1cccc(CNC(=O)C2CC2c2ccc(F)cc2)c1. The smallest absolute Gasteiger partial charge is 0.224 e. The molecule has 1 N–H and O–H groups in total. The number of rotatable bonds is 5. The first-order valence-corrected chi connectivity index (χ1v) is 7.33. The molecule has 1 saturated carbocycles. The third-order valence-electron chi connectivity index (χ3n) is 4.03. The van der Waals surface area contributed by atoms with E-state index in [1.807, 2.05) is 24.3 Å². The van der Waals surface area contributed by atoms with Crippen molar-refractivity contribution < 1.29 is 13.9 Å². The Balaban J connectivity index is 1.54. The summed E-state index contributed by atoms with van der Waals surface area (Å²) in [7, 11) is 1.62. The van der Waals surface area contributed by atoms with Gasteiger partial charge in [0, 0.05) is 12.5 Å². The third kappa shape index (κ3) is 3.27. The fourth-order valence-corrected chi connectivity index (χ4v) is 2.67. The summed E-state index contributed by atoms with van der Waals surface area (Å²) in [5.74, 6) is 0.796. The van der Waals surface area contributed by atoms with Crippen molar-refractivity contribution in [1.82, 2.24) is 5.32 Å². The molecule has 4 heteroatoms. The Hall–Kier alpha value is -2.36. The fourth-order valence-electron chi connectivity index (χ4n) is 2.67. The van der Waals surface area contributed by atoms with Crippen molar-refractivity contribution in [2.75, 3.05) is 7.11 Å². The van der Waals surface area contributed by atoms with Crippen molar-refractivity contribution in [2.24, 2.45) is 5.92 Å². The molecule has 0 aromatic heterocycles. The second-order valence-electron chi connectivity index (χ2n) is 5.57. The standard InChI is InChI=1S/C18H18FNO2/c1-22-15-4-2-3-12(9-15)11-20-18(21)17-10-16(17)13-5-7-14(19)8-6-13/h2-9,16-17H,10-11H2,1H3,(H,20,21). The Morgan fingerprint density at radius 3 is 2.77 bits per heavy atom. The molecule has 1 amide bonds. The van der Waals surface area contributed by atoms with E-state index in [2.05, 4.69) is 5.32 Å². The normalized spacial score (nSPS) is 19.5. The molecular formula is C18H18FNO2. The predicted octanol–water partition coefficient (Wildman–Crippen LogP) is 3.25. The molecule has 3 nitrogen and oxygen atoms in total. The molecule has 0 aliphatic heterocycles. The average molecular weight is 299 g/mol. The van der Waals surface area contributed by atoms with Gasteiger partial charge < -0.3 is 10.1 Å². The van der Waals surface area contributed by atoms with Crippen LogP contribution in [-0.4, -0.2) is 13.0 Å². The molecular weight excluding hydrogens is 281 g/mol. The predicted molar refractivity (Wildman–Crippen MR) is 82.1 cm³/mol. The molecule has 1 aliphatic rings. The second-order valence-corrected chi connectivity index (χ2v) is 5.57. The molecule has 3 rings (SSSR count). The molecule has 0 radical (unpaired) electrons. The van der Waals surface area contributed by atoms with Gasteiger partial charge in [0.25, 0.3) is 0 Å². The highest BCUT2D eigenvalue weighted by molar-refractivity contribution is 5.82. The van der Waals surface area contributed by atoms with Crippen LogP contribution >= 0.6 is 0 Å². The van der Waals surface area contributed by atoms with Gasteiger partial charge >= 0.3 is 0 Å². The van der Waals surface area contributed by atoms with E-state index in [0.717, 1.165) is 23.3 Å². The minimum Gasteiger partial charge on any atom is -0.497 e. The number of carbonyl (C=O) groups is 1. The zero-order chi connectivity index (χ0) is 15.5. The highest BCUT2D eigenvalue weighted by atomic mass is 19.1. The number of methoxy groups -OCH3 is 1. The maximum Gasteiger partial charge on any atom is 0.224 e. The number of benzene rings is 2. The number of hydrogen-bond donors (Lipinski definition) is 1. The van der Waals surface area contributed by atoms with Crippen LogP contribution in [0, 0.1) is 11.7 Å². The van der Waals surface area contributed by atoms with Crippen molar-refractivity contribution in [3.8, 4) is 5.75 Å². The molecule has 0 bridgehead atoms. The molecule has 114 valence electrons. The molecule has 2 atom stereocenters. The summed E-state index contributed by atoms with van der Waals surface area (Å²) in [5.41, 5.74) is 2.04. The third-order valence-corrected chi connectivity index (χ3v) is 4.03. The van der Waals surface area contributed by atoms with Crippen LogP contribution in [0.15, 0.2) is 48.5 Å². The molecule has 0 spiro atoms. The first-order valence-electron chi connectivity index (χ1n) is 7.33. The second kappa shape index (κ2) is 6.18. The van der Waals surface area contributed by atoms with Gasteiger partial charge in [0.2, 0.25) is 5.91 Å². The number of amides is 1. The Kier molecular flexibility index (Phi) is 4.09. The summed E-state index contributed by atoms with van der Waals surface area (Å²) in [5, 5.41) is 2.95. The maximum atomic E-state index is 12.9. The minimum atomic E-state index is -0.247. The lowest BCUT2D eigenvalue weighted by Crippen LogP contribution is -2.24. The topological polar surface area (TPSA) is 38.3 Å². The van der Waals surface area contributed by atoms with Crippen LogP contribution in [-0.2, 0) is 11.3 Å². The van der Waals surface area contributed by atoms with E-state index in [9.17, 15) is 9.18 Å². The van der Waals surface area contributed by atoms with E-state index >= 15 is 0 Å². The van der Waals surface area contributed by atoms with Gasteiger partial charge in [-0.2, -0.15) is 0 Å². The molecule has 2 aromatic carbocycles. The summed E-state index contributed by atoms with van der Waals surface area (Å²) in [6, 6.07) is 14.0. The number of halogens is 1. The lowest BCUT2D eigenvalue weighted by atomic mass is 10.1. The van der Waals surface area contributed by atoms with Crippen LogP contribution in [0.5, 0.6) is 5.75 Å². The Bertz CT molecular complexity index is 669. The van der Waals surface area contributed by atoms with E-state index < -0.39 is 0 Å². The molecule has 1 aliphatic carbocycles. The first-order chi connectivity index (χ1) is 10.7. The van der Waals surface area contributed by atoms with Gasteiger partial charge in [-0.3, -0.25) is 4.79 Å². The quantitative estimate of drug-likeness (QED) is 0.920. The van der Waals surface area contributed by atoms with Gasteiger partial charge in [0.05, 0.1) is 7.11 Å². The van der Waals surface area contributed by atoms with Crippen LogP contribution in [0.25, 0.3) is 0 Å². The summed E-state index contributed by atoms with van der Waals surface area (Å²) in [6.45, 7) is 0.489. The van der Waals surface area contributed by atoms with E-state index in [0.29, 0.717) is 6.54 Å². The average Bonchev–Trinajstić information content (AvgIpc) is 3.34. The number of ether oxygens (including phenoxy) is 1. The molecule has 0 saturated heterocycles. The lowest BCUT2D eigenvalue weighted by Gasteiger charge is -2.07. The van der Waals surface area contributed by atoms with Crippen LogP contribution in [0.3, 0.4) is 0 Å². The minimum absolute atomic E-state index is 0.00364. The van der Waals surface area contributed by atoms with Crippen LogP contribution < -0.4 is 10.1 Å². The summed E-state index contributed by atoms with van der Waals surface area (Å²) >= 11 is 0. The van der Waals surface area contributed by atoms with E-state index in [4.69, 9.17) is 4.74 Å². The van der Waals surface area contributed by atoms with Gasteiger partial charge in [-0.1, -0.05) is 24.3 Å².